The van der Waals surface area contributed by atoms with Crippen LogP contribution in [0.1, 0.15) is 6.42 Å². The van der Waals surface area contributed by atoms with Gasteiger partial charge in [-0.3, -0.25) is 4.90 Å². The number of aromatic nitrogens is 2. The first-order chi connectivity index (χ1) is 12.2. The number of thiocarbonyl (C=S) groups is 1. The summed E-state index contributed by atoms with van der Waals surface area (Å²) in [4.78, 5) is 2.15. The molecule has 0 N–H and O–H groups in total. The molecule has 0 aliphatic heterocycles. The largest absolute Gasteiger partial charge is 0.296 e. The summed E-state index contributed by atoms with van der Waals surface area (Å²) in [7, 11) is 2.04. The SMILES string of the molecule is C[n+]1ccn(CCCSC(=S)N(c2ccccc2)c2ccccc2)c1. The number of benzene rings is 2. The van der Waals surface area contributed by atoms with Gasteiger partial charge >= 0.3 is 0 Å². The lowest BCUT2D eigenvalue weighted by Crippen LogP contribution is -2.23. The van der Waals surface area contributed by atoms with Crippen molar-refractivity contribution in [2.45, 2.75) is 13.0 Å². The second kappa shape index (κ2) is 8.83. The fourth-order valence-electron chi connectivity index (χ4n) is 2.62. The minimum absolute atomic E-state index is 0.885. The van der Waals surface area contributed by atoms with Crippen LogP contribution in [-0.2, 0) is 13.6 Å². The summed E-state index contributed by atoms with van der Waals surface area (Å²) < 4.78 is 5.15. The molecular weight excluding hydrogens is 346 g/mol. The molecule has 3 aromatic rings. The van der Waals surface area contributed by atoms with Crippen LogP contribution in [0.2, 0.25) is 0 Å². The van der Waals surface area contributed by atoms with Crippen molar-refractivity contribution in [2.24, 2.45) is 7.05 Å². The number of rotatable bonds is 6. The van der Waals surface area contributed by atoms with Gasteiger partial charge in [-0.25, -0.2) is 9.13 Å². The molecule has 3 rings (SSSR count). The van der Waals surface area contributed by atoms with E-state index in [9.17, 15) is 0 Å². The first-order valence-electron chi connectivity index (χ1n) is 8.32. The quantitative estimate of drug-likeness (QED) is 0.359. The molecule has 0 radical (unpaired) electrons. The van der Waals surface area contributed by atoms with Crippen molar-refractivity contribution in [2.75, 3.05) is 10.7 Å². The Morgan fingerprint density at radius 1 is 1.04 bits per heavy atom. The first-order valence-corrected chi connectivity index (χ1v) is 9.71. The van der Waals surface area contributed by atoms with Gasteiger partial charge in [-0.05, 0) is 30.7 Å². The molecule has 0 fully saturated rings. The van der Waals surface area contributed by atoms with Gasteiger partial charge in [0.25, 0.3) is 0 Å². The Balaban J connectivity index is 1.63. The summed E-state index contributed by atoms with van der Waals surface area (Å²) >= 11 is 7.49. The lowest BCUT2D eigenvalue weighted by Gasteiger charge is -2.25. The van der Waals surface area contributed by atoms with Crippen LogP contribution in [0.4, 0.5) is 11.4 Å². The van der Waals surface area contributed by atoms with Crippen molar-refractivity contribution >= 4 is 39.7 Å². The smallest absolute Gasteiger partial charge is 0.243 e. The normalized spacial score (nSPS) is 10.6. The number of nitrogens with zero attached hydrogens (tertiary/aromatic N) is 3. The lowest BCUT2D eigenvalue weighted by molar-refractivity contribution is -0.671. The number of para-hydroxylation sites is 2. The average molecular weight is 369 g/mol. The molecule has 25 heavy (non-hydrogen) atoms. The summed E-state index contributed by atoms with van der Waals surface area (Å²) in [5.41, 5.74) is 2.20. The maximum Gasteiger partial charge on any atom is 0.243 e. The zero-order chi connectivity index (χ0) is 17.5. The molecule has 0 saturated heterocycles. The van der Waals surface area contributed by atoms with E-state index in [4.69, 9.17) is 12.2 Å². The molecule has 0 aliphatic rings. The molecule has 128 valence electrons. The monoisotopic (exact) mass is 368 g/mol. The van der Waals surface area contributed by atoms with Gasteiger partial charge < -0.3 is 0 Å². The van der Waals surface area contributed by atoms with E-state index in [1.807, 2.05) is 43.4 Å². The Morgan fingerprint density at radius 2 is 1.64 bits per heavy atom. The van der Waals surface area contributed by atoms with Gasteiger partial charge in [-0.15, -0.1) is 0 Å². The second-order valence-electron chi connectivity index (χ2n) is 5.79. The van der Waals surface area contributed by atoms with E-state index in [2.05, 4.69) is 57.0 Å². The molecule has 0 bridgehead atoms. The van der Waals surface area contributed by atoms with Gasteiger partial charge in [-0.1, -0.05) is 60.4 Å². The van der Waals surface area contributed by atoms with E-state index in [0.29, 0.717) is 0 Å². The fourth-order valence-corrected chi connectivity index (χ4v) is 3.87. The Kier molecular flexibility index (Phi) is 6.25. The number of aryl methyl sites for hydroxylation is 2. The molecule has 0 unspecified atom stereocenters. The maximum absolute atomic E-state index is 5.75. The van der Waals surface area contributed by atoms with Gasteiger partial charge in [0.05, 0.1) is 13.6 Å². The highest BCUT2D eigenvalue weighted by Crippen LogP contribution is 2.29. The standard InChI is InChI=1S/C20H22N3S2/c1-21-14-15-22(17-21)13-8-16-25-20(24)23(18-9-4-2-5-10-18)19-11-6-3-7-12-19/h2-7,9-12,14-15,17H,8,13,16H2,1H3/q+1. The molecular formula is C20H22N3S2+. The molecule has 1 aromatic heterocycles. The van der Waals surface area contributed by atoms with Crippen molar-refractivity contribution < 1.29 is 4.57 Å². The summed E-state index contributed by atoms with van der Waals surface area (Å²) in [5.74, 6) is 0.997. The van der Waals surface area contributed by atoms with Crippen molar-refractivity contribution in [1.29, 1.82) is 0 Å². The van der Waals surface area contributed by atoms with Crippen LogP contribution >= 0.6 is 24.0 Å². The molecule has 1 heterocycles. The van der Waals surface area contributed by atoms with E-state index in [0.717, 1.165) is 34.4 Å². The molecule has 0 amide bonds. The molecule has 3 nitrogen and oxygen atoms in total. The van der Waals surface area contributed by atoms with Crippen LogP contribution in [0.25, 0.3) is 0 Å². The highest BCUT2D eigenvalue weighted by Gasteiger charge is 2.14. The molecule has 0 saturated carbocycles. The summed E-state index contributed by atoms with van der Waals surface area (Å²) in [6.07, 6.45) is 7.34. The lowest BCUT2D eigenvalue weighted by atomic mass is 10.2. The Morgan fingerprint density at radius 3 is 2.16 bits per heavy atom. The fraction of sp³-hybridized carbons (Fsp3) is 0.200. The number of hydrogen-bond acceptors (Lipinski definition) is 2. The van der Waals surface area contributed by atoms with Crippen LogP contribution in [0.15, 0.2) is 79.4 Å². The van der Waals surface area contributed by atoms with E-state index >= 15 is 0 Å². The Labute approximate surface area is 158 Å². The summed E-state index contributed by atoms with van der Waals surface area (Å²) in [6, 6.07) is 20.6. The topological polar surface area (TPSA) is 12.0 Å². The number of hydrogen-bond donors (Lipinski definition) is 0. The van der Waals surface area contributed by atoms with Crippen LogP contribution in [0.3, 0.4) is 0 Å². The predicted molar refractivity (Wildman–Crippen MR) is 110 cm³/mol. The Bertz CT molecular complexity index is 761. The van der Waals surface area contributed by atoms with Crippen LogP contribution < -0.4 is 9.47 Å². The van der Waals surface area contributed by atoms with Crippen LogP contribution in [0, 0.1) is 0 Å². The predicted octanol–water partition coefficient (Wildman–Crippen LogP) is 4.56. The molecule has 5 heteroatoms. The number of anilines is 2. The first kappa shape index (κ1) is 17.7. The molecule has 0 spiro atoms. The van der Waals surface area contributed by atoms with E-state index in [1.165, 1.54) is 0 Å². The van der Waals surface area contributed by atoms with Crippen LogP contribution in [0.5, 0.6) is 0 Å². The van der Waals surface area contributed by atoms with E-state index in [-0.39, 0.29) is 0 Å². The average Bonchev–Trinajstić information content (AvgIpc) is 3.06. The molecule has 0 aliphatic carbocycles. The number of thioether (sulfide) groups is 1. The van der Waals surface area contributed by atoms with Crippen LogP contribution in [-0.4, -0.2) is 14.6 Å². The highest BCUT2D eigenvalue weighted by atomic mass is 32.2. The van der Waals surface area contributed by atoms with Crippen molar-refractivity contribution in [3.8, 4) is 0 Å². The zero-order valence-corrected chi connectivity index (χ0v) is 15.9. The summed E-state index contributed by atoms with van der Waals surface area (Å²) in [6.45, 7) is 1.01. The third-order valence-electron chi connectivity index (χ3n) is 3.82. The second-order valence-corrected chi connectivity index (χ2v) is 7.52. The summed E-state index contributed by atoms with van der Waals surface area (Å²) in [5, 5.41) is 0. The minimum Gasteiger partial charge on any atom is -0.296 e. The van der Waals surface area contributed by atoms with Crippen molar-refractivity contribution in [3.05, 3.63) is 79.4 Å². The van der Waals surface area contributed by atoms with E-state index in [1.54, 1.807) is 11.8 Å². The van der Waals surface area contributed by atoms with Gasteiger partial charge in [0.2, 0.25) is 6.33 Å². The van der Waals surface area contributed by atoms with E-state index < -0.39 is 0 Å². The van der Waals surface area contributed by atoms with Crippen molar-refractivity contribution in [3.63, 3.8) is 0 Å². The molecule has 0 atom stereocenters. The number of imidazole rings is 1. The van der Waals surface area contributed by atoms with Gasteiger partial charge in [0.1, 0.15) is 16.7 Å². The van der Waals surface area contributed by atoms with Gasteiger partial charge in [-0.2, -0.15) is 0 Å². The third-order valence-corrected chi connectivity index (χ3v) is 5.28. The zero-order valence-electron chi connectivity index (χ0n) is 14.3. The van der Waals surface area contributed by atoms with Gasteiger partial charge in [0, 0.05) is 17.1 Å². The molecule has 2 aromatic carbocycles. The third kappa shape index (κ3) is 4.94. The van der Waals surface area contributed by atoms with Crippen molar-refractivity contribution in [1.82, 2.24) is 4.57 Å². The maximum atomic E-state index is 5.75. The minimum atomic E-state index is 0.885. The van der Waals surface area contributed by atoms with Gasteiger partial charge in [0.15, 0.2) is 0 Å². The Hall–Kier alpha value is -2.11. The highest BCUT2D eigenvalue weighted by molar-refractivity contribution is 8.23.